The Kier molecular flexibility index (Phi) is 7.66. The molecule has 0 bridgehead atoms. The van der Waals surface area contributed by atoms with Gasteiger partial charge in [-0.05, 0) is 70.2 Å². The molecule has 0 heterocycles. The van der Waals surface area contributed by atoms with E-state index >= 15 is 0 Å². The molecule has 154 valence electrons. The van der Waals surface area contributed by atoms with Crippen molar-refractivity contribution in [2.75, 3.05) is 6.61 Å². The molecule has 1 atom stereocenters. The molecular weight excluding hydrogens is 395 g/mol. The smallest absolute Gasteiger partial charge is 0.119 e. The predicted molar refractivity (Wildman–Crippen MR) is 138 cm³/mol. The van der Waals surface area contributed by atoms with Crippen LogP contribution in [0.4, 0.5) is 0 Å². The fraction of sp³-hybridized carbons (Fsp3) is 0.103. The molecule has 0 spiro atoms. The minimum atomic E-state index is 0.689. The first kappa shape index (κ1) is 22.4. The largest absolute Gasteiger partial charge is 0.494 e. The normalized spacial score (nSPS) is 10.1. The van der Waals surface area contributed by atoms with Gasteiger partial charge in [-0.25, -0.2) is 0 Å². The van der Waals surface area contributed by atoms with Gasteiger partial charge in [-0.3, -0.25) is 0 Å². The summed E-state index contributed by atoms with van der Waals surface area (Å²) in [7, 11) is 2.73. The van der Waals surface area contributed by atoms with Crippen LogP contribution in [-0.2, 0) is 0 Å². The Hall–Kier alpha value is -3.33. The van der Waals surface area contributed by atoms with Gasteiger partial charge in [0.2, 0.25) is 0 Å². The summed E-state index contributed by atoms with van der Waals surface area (Å²) in [5.41, 5.74) is 8.69. The second-order valence-electron chi connectivity index (χ2n) is 7.19. The summed E-state index contributed by atoms with van der Waals surface area (Å²) in [6.45, 7) is 4.87. The summed E-state index contributed by atoms with van der Waals surface area (Å²) < 4.78 is 5.55. The fourth-order valence-electron chi connectivity index (χ4n) is 3.60. The Balaban J connectivity index is 0.00000132. The van der Waals surface area contributed by atoms with E-state index in [4.69, 9.17) is 4.74 Å². The van der Waals surface area contributed by atoms with Crippen molar-refractivity contribution >= 4 is 14.5 Å². The van der Waals surface area contributed by atoms with Gasteiger partial charge in [-0.2, -0.15) is 0 Å². The molecule has 0 saturated carbocycles. The molecule has 4 aromatic rings. The van der Waals surface area contributed by atoms with Crippen molar-refractivity contribution in [1.82, 2.24) is 0 Å². The molecule has 2 heteroatoms. The van der Waals surface area contributed by atoms with Gasteiger partial charge in [0, 0.05) is 0 Å². The monoisotopic (exact) mass is 422 g/mol. The summed E-state index contributed by atoms with van der Waals surface area (Å²) in [4.78, 5) is 0. The number of terminal acetylenes is 1. The minimum Gasteiger partial charge on any atom is -0.494 e. The summed E-state index contributed by atoms with van der Waals surface area (Å²) in [5, 5.41) is 1.20. The molecule has 1 nitrogen and oxygen atoms in total. The molecule has 4 rings (SSSR count). The van der Waals surface area contributed by atoms with Crippen LogP contribution in [0.15, 0.2) is 91.0 Å². The van der Waals surface area contributed by atoms with E-state index in [1.165, 1.54) is 44.2 Å². The van der Waals surface area contributed by atoms with Gasteiger partial charge < -0.3 is 4.74 Å². The van der Waals surface area contributed by atoms with Gasteiger partial charge in [0.25, 0.3) is 0 Å². The number of benzene rings is 4. The molecule has 0 aromatic heterocycles. The Bertz CT molecular complexity index is 1140. The molecule has 4 aromatic carbocycles. The van der Waals surface area contributed by atoms with Crippen LogP contribution < -0.4 is 10.0 Å². The first-order valence-corrected chi connectivity index (χ1v) is 10.9. The van der Waals surface area contributed by atoms with E-state index in [0.29, 0.717) is 6.61 Å². The Morgan fingerprint density at radius 2 is 1.10 bits per heavy atom. The predicted octanol–water partition coefficient (Wildman–Crippen LogP) is 7.14. The van der Waals surface area contributed by atoms with E-state index in [0.717, 1.165) is 5.75 Å². The third kappa shape index (κ3) is 5.43. The number of hydrogen-bond acceptors (Lipinski definition) is 1. The third-order valence-corrected chi connectivity index (χ3v) is 5.55. The molecule has 0 fully saturated rings. The molecule has 31 heavy (non-hydrogen) atoms. The number of hydrogen-bond donors (Lipinski definition) is 0. The van der Waals surface area contributed by atoms with Crippen molar-refractivity contribution in [3.63, 3.8) is 0 Å². The van der Waals surface area contributed by atoms with E-state index in [1.54, 1.807) is 0 Å². The van der Waals surface area contributed by atoms with Gasteiger partial charge in [0.15, 0.2) is 0 Å². The van der Waals surface area contributed by atoms with Crippen molar-refractivity contribution in [3.8, 4) is 52.0 Å². The molecule has 0 aliphatic rings. The zero-order valence-electron chi connectivity index (χ0n) is 18.0. The van der Waals surface area contributed by atoms with Crippen LogP contribution in [-0.4, -0.2) is 6.61 Å². The second kappa shape index (κ2) is 10.6. The maximum Gasteiger partial charge on any atom is 0.119 e. The highest BCUT2D eigenvalue weighted by Gasteiger charge is 2.06. The number of rotatable bonds is 5. The fourth-order valence-corrected chi connectivity index (χ4v) is 3.79. The van der Waals surface area contributed by atoms with Gasteiger partial charge in [-0.1, -0.05) is 78.9 Å². The summed E-state index contributed by atoms with van der Waals surface area (Å²) >= 11 is 0. The van der Waals surface area contributed by atoms with E-state index in [1.807, 2.05) is 19.1 Å². The summed E-state index contributed by atoms with van der Waals surface area (Å²) in [6.07, 6.45) is 8.00. The zero-order chi connectivity index (χ0) is 22.2. The summed E-state index contributed by atoms with van der Waals surface area (Å²) in [5.74, 6) is 0.915. The highest BCUT2D eigenvalue weighted by Crippen LogP contribution is 2.31. The van der Waals surface area contributed by atoms with Crippen LogP contribution in [0.25, 0.3) is 33.4 Å². The van der Waals surface area contributed by atoms with E-state index < -0.39 is 0 Å². The highest BCUT2D eigenvalue weighted by molar-refractivity contribution is 7.27. The maximum absolute atomic E-state index is 5.55. The molecule has 0 radical (unpaired) electrons. The number of ether oxygens (including phenoxy) is 1. The Morgan fingerprint density at radius 1 is 0.645 bits per heavy atom. The van der Waals surface area contributed by atoms with Crippen molar-refractivity contribution in [1.29, 1.82) is 0 Å². The SMILES string of the molecule is C#C.CCOc1ccc(-c2ccc(-c3ccc(-c4ccc(P)cc4)cc3)cc2C)cc1. The zero-order valence-corrected chi connectivity index (χ0v) is 19.2. The van der Waals surface area contributed by atoms with Gasteiger partial charge in [0.1, 0.15) is 5.75 Å². The standard InChI is InChI=1S/C27H25OP.C2H2/c1-3-28-25-13-8-23(9-14-25)27-17-12-24(18-19(27)2)22-6-4-20(5-7-22)21-10-15-26(29)16-11-21;1-2/h4-18H,3,29H2,1-2H3;1-2H. The van der Waals surface area contributed by atoms with Crippen LogP contribution >= 0.6 is 9.24 Å². The van der Waals surface area contributed by atoms with E-state index in [9.17, 15) is 0 Å². The molecule has 0 aliphatic heterocycles. The topological polar surface area (TPSA) is 9.23 Å². The van der Waals surface area contributed by atoms with Crippen molar-refractivity contribution in [2.45, 2.75) is 13.8 Å². The Labute approximate surface area is 188 Å². The van der Waals surface area contributed by atoms with E-state index in [-0.39, 0.29) is 0 Å². The average molecular weight is 423 g/mol. The number of aryl methyl sites for hydroxylation is 1. The average Bonchev–Trinajstić information content (AvgIpc) is 2.82. The van der Waals surface area contributed by atoms with Crippen LogP contribution in [0.5, 0.6) is 5.75 Å². The third-order valence-electron chi connectivity index (χ3n) is 5.16. The Morgan fingerprint density at radius 3 is 1.61 bits per heavy atom. The van der Waals surface area contributed by atoms with Crippen LogP contribution in [0, 0.1) is 19.8 Å². The van der Waals surface area contributed by atoms with Crippen molar-refractivity contribution in [3.05, 3.63) is 96.6 Å². The van der Waals surface area contributed by atoms with Gasteiger partial charge in [0.05, 0.1) is 6.61 Å². The van der Waals surface area contributed by atoms with Crippen LogP contribution in [0.3, 0.4) is 0 Å². The van der Waals surface area contributed by atoms with Gasteiger partial charge in [-0.15, -0.1) is 22.1 Å². The van der Waals surface area contributed by atoms with Gasteiger partial charge >= 0.3 is 0 Å². The van der Waals surface area contributed by atoms with E-state index in [2.05, 4.69) is 108 Å². The maximum atomic E-state index is 5.55. The lowest BCUT2D eigenvalue weighted by atomic mass is 9.95. The van der Waals surface area contributed by atoms with Crippen molar-refractivity contribution in [2.24, 2.45) is 0 Å². The molecule has 0 amide bonds. The lowest BCUT2D eigenvalue weighted by molar-refractivity contribution is 0.340. The molecule has 0 aliphatic carbocycles. The molecule has 0 N–H and O–H groups in total. The molecule has 1 unspecified atom stereocenters. The first-order valence-electron chi connectivity index (χ1n) is 10.3. The van der Waals surface area contributed by atoms with Crippen LogP contribution in [0.1, 0.15) is 12.5 Å². The first-order chi connectivity index (χ1) is 15.1. The van der Waals surface area contributed by atoms with Crippen LogP contribution in [0.2, 0.25) is 0 Å². The quantitative estimate of drug-likeness (QED) is 0.245. The molecule has 0 saturated heterocycles. The molecular formula is C29H27OP. The highest BCUT2D eigenvalue weighted by atomic mass is 31.0. The minimum absolute atomic E-state index is 0.689. The second-order valence-corrected chi connectivity index (χ2v) is 7.85. The lowest BCUT2D eigenvalue weighted by Crippen LogP contribution is -1.91. The van der Waals surface area contributed by atoms with Crippen molar-refractivity contribution < 1.29 is 4.74 Å². The lowest BCUT2D eigenvalue weighted by Gasteiger charge is -2.11. The summed E-state index contributed by atoms with van der Waals surface area (Å²) in [6, 6.07) is 32.4.